The van der Waals surface area contributed by atoms with Crippen molar-refractivity contribution in [3.63, 3.8) is 0 Å². The molecule has 0 saturated heterocycles. The number of fused-ring (bicyclic) bond motifs is 1. The number of nitrogens with one attached hydrogen (secondary N) is 2. The third kappa shape index (κ3) is 5.25. The van der Waals surface area contributed by atoms with E-state index in [0.717, 1.165) is 9.44 Å². The molecule has 2 N–H and O–H groups in total. The fraction of sp³-hybridized carbons (Fsp3) is 0.294. The van der Waals surface area contributed by atoms with Gasteiger partial charge in [0.2, 0.25) is 0 Å². The summed E-state index contributed by atoms with van der Waals surface area (Å²) in [6.07, 6.45) is 3.21. The first-order valence-electron chi connectivity index (χ1n) is 8.57. The molecular weight excluding hydrogens is 400 g/mol. The molecule has 11 nitrogen and oxygen atoms in total. The Hall–Kier alpha value is -3.54. The molecule has 3 amide bonds. The lowest BCUT2D eigenvalue weighted by atomic mass is 10.3. The maximum Gasteiger partial charge on any atom is 0.326 e. The summed E-state index contributed by atoms with van der Waals surface area (Å²) in [4.78, 5) is 52.7. The number of urea groups is 1. The molecule has 0 saturated carbocycles. The summed E-state index contributed by atoms with van der Waals surface area (Å²) in [5, 5.41) is 10.7. The number of imide groups is 1. The lowest BCUT2D eigenvalue weighted by Gasteiger charge is -2.08. The van der Waals surface area contributed by atoms with Crippen LogP contribution in [-0.2, 0) is 34.3 Å². The summed E-state index contributed by atoms with van der Waals surface area (Å²) in [5.41, 5.74) is -0.0568. The normalized spacial score (nSPS) is 10.7. The van der Waals surface area contributed by atoms with Crippen LogP contribution in [0.15, 0.2) is 34.8 Å². The van der Waals surface area contributed by atoms with Gasteiger partial charge in [-0.1, -0.05) is 6.07 Å². The van der Waals surface area contributed by atoms with Crippen molar-refractivity contribution >= 4 is 40.3 Å². The van der Waals surface area contributed by atoms with E-state index in [-0.39, 0.29) is 5.39 Å². The second kappa shape index (κ2) is 9.10. The van der Waals surface area contributed by atoms with E-state index >= 15 is 0 Å². The second-order valence-corrected chi connectivity index (χ2v) is 7.01. The van der Waals surface area contributed by atoms with Crippen molar-refractivity contribution in [1.82, 2.24) is 30.0 Å². The van der Waals surface area contributed by atoms with E-state index in [9.17, 15) is 19.2 Å². The largest absolute Gasteiger partial charge is 0.454 e. The van der Waals surface area contributed by atoms with E-state index in [2.05, 4.69) is 20.7 Å². The van der Waals surface area contributed by atoms with Crippen molar-refractivity contribution in [1.29, 1.82) is 0 Å². The average molecular weight is 418 g/mol. The zero-order valence-electron chi connectivity index (χ0n) is 15.5. The number of nitrogens with zero attached hydrogens (tertiary/aromatic N) is 4. The van der Waals surface area contributed by atoms with Crippen LogP contribution in [0.25, 0.3) is 11.0 Å². The molecule has 0 unspecified atom stereocenters. The average Bonchev–Trinajstić information content (AvgIpc) is 3.33. The van der Waals surface area contributed by atoms with E-state index in [4.69, 9.17) is 4.74 Å². The molecule has 0 spiro atoms. The number of amides is 3. The Morgan fingerprint density at radius 1 is 1.31 bits per heavy atom. The molecule has 0 fully saturated rings. The highest BCUT2D eigenvalue weighted by atomic mass is 32.1. The summed E-state index contributed by atoms with van der Waals surface area (Å²) in [6, 6.07) is 3.18. The topological polar surface area (TPSA) is 137 Å². The van der Waals surface area contributed by atoms with Crippen LogP contribution in [0.5, 0.6) is 0 Å². The maximum absolute atomic E-state index is 12.3. The molecule has 3 rings (SSSR count). The van der Waals surface area contributed by atoms with Gasteiger partial charge in [0.1, 0.15) is 18.3 Å². The lowest BCUT2D eigenvalue weighted by Crippen LogP contribution is -2.42. The van der Waals surface area contributed by atoms with E-state index < -0.39 is 36.6 Å². The summed E-state index contributed by atoms with van der Waals surface area (Å²) in [6.45, 7) is -0.697. The lowest BCUT2D eigenvalue weighted by molar-refractivity contribution is -0.148. The zero-order valence-corrected chi connectivity index (χ0v) is 16.3. The predicted molar refractivity (Wildman–Crippen MR) is 103 cm³/mol. The fourth-order valence-corrected chi connectivity index (χ4v) is 3.18. The molecule has 0 aliphatic carbocycles. The van der Waals surface area contributed by atoms with Gasteiger partial charge in [0.25, 0.3) is 11.5 Å². The van der Waals surface area contributed by atoms with E-state index in [1.165, 1.54) is 17.2 Å². The zero-order chi connectivity index (χ0) is 20.8. The molecule has 0 aliphatic rings. The number of rotatable bonds is 7. The Balaban J connectivity index is 1.42. The number of aryl methyl sites for hydroxylation is 1. The molecule has 0 radical (unpaired) electrons. The predicted octanol–water partition coefficient (Wildman–Crippen LogP) is -0.197. The minimum absolute atomic E-state index is 0.264. The smallest absolute Gasteiger partial charge is 0.326 e. The van der Waals surface area contributed by atoms with Crippen molar-refractivity contribution in [3.8, 4) is 0 Å². The van der Waals surface area contributed by atoms with Gasteiger partial charge in [-0.15, -0.1) is 11.3 Å². The molecule has 3 aromatic rings. The Morgan fingerprint density at radius 2 is 2.14 bits per heavy atom. The van der Waals surface area contributed by atoms with Gasteiger partial charge in [0.15, 0.2) is 12.3 Å². The number of carbonyl (C=O) groups excluding carboxylic acids is 3. The highest BCUT2D eigenvalue weighted by molar-refractivity contribution is 7.09. The van der Waals surface area contributed by atoms with Gasteiger partial charge >= 0.3 is 12.0 Å². The monoisotopic (exact) mass is 418 g/mol. The molecule has 0 atom stereocenters. The Morgan fingerprint density at radius 3 is 2.90 bits per heavy atom. The van der Waals surface area contributed by atoms with Gasteiger partial charge in [-0.2, -0.15) is 5.10 Å². The third-order valence-corrected chi connectivity index (χ3v) is 4.81. The fourth-order valence-electron chi connectivity index (χ4n) is 2.47. The number of esters is 1. The van der Waals surface area contributed by atoms with Crippen LogP contribution in [0.1, 0.15) is 4.88 Å². The minimum atomic E-state index is -0.814. The maximum atomic E-state index is 12.3. The Kier molecular flexibility index (Phi) is 6.34. The Labute approximate surface area is 168 Å². The molecule has 12 heteroatoms. The van der Waals surface area contributed by atoms with Gasteiger partial charge in [-0.25, -0.2) is 9.78 Å². The van der Waals surface area contributed by atoms with Crippen LogP contribution in [0.3, 0.4) is 0 Å². The van der Waals surface area contributed by atoms with E-state index in [1.54, 1.807) is 18.4 Å². The quantitative estimate of drug-likeness (QED) is 0.507. The highest BCUT2D eigenvalue weighted by Gasteiger charge is 2.14. The molecule has 3 heterocycles. The van der Waals surface area contributed by atoms with Crippen molar-refractivity contribution in [3.05, 3.63) is 45.3 Å². The van der Waals surface area contributed by atoms with E-state index in [1.807, 2.05) is 17.5 Å². The SMILES string of the molecule is Cn1ncc2c(=O)n(CC(=O)OCC(=O)NC(=O)NCCc3cccs3)cnc21. The molecule has 0 aliphatic heterocycles. The first kappa shape index (κ1) is 20.2. The molecule has 29 heavy (non-hydrogen) atoms. The van der Waals surface area contributed by atoms with Gasteiger partial charge in [-0.3, -0.25) is 28.9 Å². The Bertz CT molecular complexity index is 1090. The van der Waals surface area contributed by atoms with Crippen LogP contribution in [0.2, 0.25) is 0 Å². The summed E-state index contributed by atoms with van der Waals surface area (Å²) >= 11 is 1.57. The van der Waals surface area contributed by atoms with Crippen LogP contribution in [0, 0.1) is 0 Å². The van der Waals surface area contributed by atoms with Crippen molar-refractivity contribution < 1.29 is 19.1 Å². The van der Waals surface area contributed by atoms with Gasteiger partial charge in [-0.05, 0) is 17.9 Å². The molecule has 0 aromatic carbocycles. The molecule has 152 valence electrons. The van der Waals surface area contributed by atoms with Crippen LogP contribution in [0.4, 0.5) is 4.79 Å². The van der Waals surface area contributed by atoms with Crippen molar-refractivity contribution in [2.24, 2.45) is 7.05 Å². The standard InChI is InChI=1S/C17H18N6O5S/c1-22-15-12(7-20-22)16(26)23(10-19-15)8-14(25)28-9-13(24)21-17(27)18-5-4-11-3-2-6-29-11/h2-3,6-7,10H,4-5,8-9H2,1H3,(H2,18,21,24,27). The third-order valence-electron chi connectivity index (χ3n) is 3.87. The first-order chi connectivity index (χ1) is 13.9. The number of hydrogen-bond donors (Lipinski definition) is 2. The first-order valence-corrected chi connectivity index (χ1v) is 9.45. The van der Waals surface area contributed by atoms with Crippen molar-refractivity contribution in [2.45, 2.75) is 13.0 Å². The number of ether oxygens (including phenoxy) is 1. The van der Waals surface area contributed by atoms with Crippen molar-refractivity contribution in [2.75, 3.05) is 13.2 Å². The number of carbonyl (C=O) groups is 3. The van der Waals surface area contributed by atoms with Gasteiger partial charge in [0, 0.05) is 18.5 Å². The number of hydrogen-bond acceptors (Lipinski definition) is 8. The molecule has 3 aromatic heterocycles. The van der Waals surface area contributed by atoms with Gasteiger partial charge < -0.3 is 10.1 Å². The number of thiophene rings is 1. The summed E-state index contributed by atoms with van der Waals surface area (Å²) < 4.78 is 7.30. The van der Waals surface area contributed by atoms with Crippen LogP contribution >= 0.6 is 11.3 Å². The molecular formula is C17H18N6O5S. The summed E-state index contributed by atoms with van der Waals surface area (Å²) in [5.74, 6) is -1.59. The molecule has 0 bridgehead atoms. The highest BCUT2D eigenvalue weighted by Crippen LogP contribution is 2.08. The van der Waals surface area contributed by atoms with Crippen LogP contribution in [-0.4, -0.2) is 50.4 Å². The van der Waals surface area contributed by atoms with Crippen LogP contribution < -0.4 is 16.2 Å². The number of aromatic nitrogens is 4. The minimum Gasteiger partial charge on any atom is -0.454 e. The second-order valence-electron chi connectivity index (χ2n) is 5.98. The van der Waals surface area contributed by atoms with E-state index in [0.29, 0.717) is 18.6 Å². The summed E-state index contributed by atoms with van der Waals surface area (Å²) in [7, 11) is 1.64. The van der Waals surface area contributed by atoms with Gasteiger partial charge in [0.05, 0.1) is 6.20 Å².